The largest absolute Gasteiger partial charge is 0.370 e. The van der Waals surface area contributed by atoms with Crippen molar-refractivity contribution in [3.05, 3.63) is 29.6 Å². The van der Waals surface area contributed by atoms with Crippen LogP contribution < -0.4 is 16.8 Å². The van der Waals surface area contributed by atoms with Crippen molar-refractivity contribution in [1.29, 1.82) is 5.26 Å². The summed E-state index contributed by atoms with van der Waals surface area (Å²) in [6, 6.07) is 7.41. The standard InChI is InChI=1S/C12H11N7S/c13-6-16-7-17-9-3-1-8(2-4-9)10-5-20-12(18-10)19-11(14)15/h1-5,7H,(H,16,17)(H4,14,15,18,19). The van der Waals surface area contributed by atoms with E-state index in [4.69, 9.17) is 16.7 Å². The zero-order valence-electron chi connectivity index (χ0n) is 10.3. The minimum atomic E-state index is -0.0134. The fraction of sp³-hybridized carbons (Fsp3) is 0. The van der Waals surface area contributed by atoms with Gasteiger partial charge in [0.2, 0.25) is 5.13 Å². The number of benzene rings is 1. The zero-order chi connectivity index (χ0) is 14.4. The van der Waals surface area contributed by atoms with Crippen LogP contribution in [-0.4, -0.2) is 17.3 Å². The predicted octanol–water partition coefficient (Wildman–Crippen LogP) is 1.45. The molecule has 5 N–H and O–H groups in total. The molecule has 0 saturated heterocycles. The third-order valence-electron chi connectivity index (χ3n) is 2.22. The lowest BCUT2D eigenvalue weighted by Gasteiger charge is -1.97. The molecule has 0 fully saturated rings. The van der Waals surface area contributed by atoms with Gasteiger partial charge in [0.25, 0.3) is 0 Å². The summed E-state index contributed by atoms with van der Waals surface area (Å²) in [5, 5.41) is 13.0. The molecule has 0 aliphatic rings. The maximum atomic E-state index is 8.31. The van der Waals surface area contributed by atoms with E-state index in [0.717, 1.165) is 16.9 Å². The van der Waals surface area contributed by atoms with Crippen LogP contribution in [0.25, 0.3) is 11.3 Å². The normalized spacial score (nSPS) is 10.2. The Bertz CT molecular complexity index is 675. The second-order valence-electron chi connectivity index (χ2n) is 3.61. The van der Waals surface area contributed by atoms with Crippen LogP contribution in [0.4, 0.5) is 10.8 Å². The number of aromatic nitrogens is 1. The fourth-order valence-corrected chi connectivity index (χ4v) is 2.13. The van der Waals surface area contributed by atoms with Crippen molar-refractivity contribution in [2.45, 2.75) is 0 Å². The molecule has 2 aromatic rings. The Kier molecular flexibility index (Phi) is 4.26. The van der Waals surface area contributed by atoms with Crippen LogP contribution in [0.2, 0.25) is 0 Å². The topological polar surface area (TPSA) is 125 Å². The van der Waals surface area contributed by atoms with Gasteiger partial charge in [0.05, 0.1) is 11.4 Å². The second kappa shape index (κ2) is 6.31. The molecule has 100 valence electrons. The number of nitrogens with two attached hydrogens (primary N) is 2. The molecule has 7 nitrogen and oxygen atoms in total. The molecule has 20 heavy (non-hydrogen) atoms. The number of aliphatic imine (C=N–C) groups is 2. The molecule has 0 radical (unpaired) electrons. The van der Waals surface area contributed by atoms with Gasteiger partial charge in [-0.2, -0.15) is 10.3 Å². The van der Waals surface area contributed by atoms with E-state index in [0.29, 0.717) is 5.13 Å². The molecule has 0 unspecified atom stereocenters. The number of nitrogens with one attached hydrogen (secondary N) is 1. The van der Waals surface area contributed by atoms with Crippen molar-refractivity contribution in [3.63, 3.8) is 0 Å². The van der Waals surface area contributed by atoms with Gasteiger partial charge < -0.3 is 11.5 Å². The van der Waals surface area contributed by atoms with Crippen LogP contribution in [0, 0.1) is 11.5 Å². The average Bonchev–Trinajstić information content (AvgIpc) is 2.87. The van der Waals surface area contributed by atoms with E-state index in [1.54, 1.807) is 6.19 Å². The summed E-state index contributed by atoms with van der Waals surface area (Å²) in [5.41, 5.74) is 13.1. The highest BCUT2D eigenvalue weighted by molar-refractivity contribution is 7.13. The lowest BCUT2D eigenvalue weighted by Crippen LogP contribution is -2.21. The molecule has 0 aliphatic carbocycles. The molecule has 0 saturated carbocycles. The van der Waals surface area contributed by atoms with Crippen molar-refractivity contribution in [2.24, 2.45) is 21.5 Å². The minimum absolute atomic E-state index is 0.0134. The van der Waals surface area contributed by atoms with E-state index >= 15 is 0 Å². The number of hydrogen-bond donors (Lipinski definition) is 3. The van der Waals surface area contributed by atoms with Gasteiger partial charge in [-0.3, -0.25) is 5.32 Å². The molecule has 1 heterocycles. The summed E-state index contributed by atoms with van der Waals surface area (Å²) >= 11 is 1.36. The SMILES string of the molecule is N#CNC=Nc1ccc(-c2csc(N=C(N)N)n2)cc1. The monoisotopic (exact) mass is 285 g/mol. The van der Waals surface area contributed by atoms with Gasteiger partial charge in [-0.15, -0.1) is 11.3 Å². The highest BCUT2D eigenvalue weighted by Crippen LogP contribution is 2.27. The first-order chi connectivity index (χ1) is 9.69. The maximum Gasteiger partial charge on any atom is 0.212 e. The van der Waals surface area contributed by atoms with Gasteiger partial charge in [0.15, 0.2) is 12.2 Å². The van der Waals surface area contributed by atoms with Gasteiger partial charge in [-0.1, -0.05) is 12.1 Å². The third-order valence-corrected chi connectivity index (χ3v) is 2.96. The highest BCUT2D eigenvalue weighted by atomic mass is 32.1. The number of guanidine groups is 1. The van der Waals surface area contributed by atoms with Gasteiger partial charge >= 0.3 is 0 Å². The Labute approximate surface area is 119 Å². The van der Waals surface area contributed by atoms with E-state index in [9.17, 15) is 0 Å². The van der Waals surface area contributed by atoms with Crippen molar-refractivity contribution >= 4 is 34.5 Å². The van der Waals surface area contributed by atoms with Crippen LogP contribution in [0.1, 0.15) is 0 Å². The smallest absolute Gasteiger partial charge is 0.212 e. The Morgan fingerprint density at radius 2 is 2.10 bits per heavy atom. The van der Waals surface area contributed by atoms with Crippen molar-refractivity contribution in [3.8, 4) is 17.5 Å². The van der Waals surface area contributed by atoms with E-state index in [1.807, 2.05) is 29.6 Å². The highest BCUT2D eigenvalue weighted by Gasteiger charge is 2.03. The van der Waals surface area contributed by atoms with Crippen LogP contribution in [0.15, 0.2) is 39.6 Å². The van der Waals surface area contributed by atoms with E-state index in [2.05, 4.69) is 20.3 Å². The minimum Gasteiger partial charge on any atom is -0.370 e. The number of nitrogens with zero attached hydrogens (tertiary/aromatic N) is 4. The molecular weight excluding hydrogens is 274 g/mol. The number of rotatable bonds is 4. The van der Waals surface area contributed by atoms with Gasteiger partial charge in [0.1, 0.15) is 6.34 Å². The van der Waals surface area contributed by atoms with E-state index in [1.165, 1.54) is 17.7 Å². The Balaban J connectivity index is 2.16. The lowest BCUT2D eigenvalue weighted by atomic mass is 10.1. The summed E-state index contributed by atoms with van der Waals surface area (Å²) in [6.45, 7) is 0. The zero-order valence-corrected chi connectivity index (χ0v) is 11.1. The van der Waals surface area contributed by atoms with Gasteiger partial charge in [-0.25, -0.2) is 9.98 Å². The van der Waals surface area contributed by atoms with Crippen molar-refractivity contribution in [2.75, 3.05) is 0 Å². The molecule has 1 aromatic heterocycles. The van der Waals surface area contributed by atoms with Crippen LogP contribution in [0.3, 0.4) is 0 Å². The Hall–Kier alpha value is -2.92. The first-order valence-electron chi connectivity index (χ1n) is 5.52. The molecular formula is C12H11N7S. The quantitative estimate of drug-likeness (QED) is 0.339. The number of hydrogen-bond acceptors (Lipinski definition) is 5. The molecule has 2 rings (SSSR count). The first kappa shape index (κ1) is 13.5. The van der Waals surface area contributed by atoms with Gasteiger partial charge in [0, 0.05) is 10.9 Å². The van der Waals surface area contributed by atoms with Crippen LogP contribution >= 0.6 is 11.3 Å². The van der Waals surface area contributed by atoms with E-state index in [-0.39, 0.29) is 5.96 Å². The lowest BCUT2D eigenvalue weighted by molar-refractivity contribution is 1.29. The molecule has 1 aromatic carbocycles. The number of nitriles is 1. The van der Waals surface area contributed by atoms with Crippen molar-refractivity contribution in [1.82, 2.24) is 10.3 Å². The number of thiazole rings is 1. The van der Waals surface area contributed by atoms with Crippen LogP contribution in [0.5, 0.6) is 0 Å². The Morgan fingerprint density at radius 3 is 2.75 bits per heavy atom. The maximum absolute atomic E-state index is 8.31. The summed E-state index contributed by atoms with van der Waals surface area (Å²) in [6.07, 6.45) is 3.08. The molecule has 0 amide bonds. The molecule has 0 spiro atoms. The molecule has 0 atom stereocenters. The summed E-state index contributed by atoms with van der Waals surface area (Å²) < 4.78 is 0. The fourth-order valence-electron chi connectivity index (χ4n) is 1.41. The summed E-state index contributed by atoms with van der Waals surface area (Å²) in [4.78, 5) is 12.2. The summed E-state index contributed by atoms with van der Waals surface area (Å²) in [5.74, 6) is -0.0134. The average molecular weight is 285 g/mol. The summed E-state index contributed by atoms with van der Waals surface area (Å²) in [7, 11) is 0. The molecule has 0 bridgehead atoms. The predicted molar refractivity (Wildman–Crippen MR) is 79.9 cm³/mol. The van der Waals surface area contributed by atoms with Crippen molar-refractivity contribution < 1.29 is 0 Å². The second-order valence-corrected chi connectivity index (χ2v) is 4.45. The third kappa shape index (κ3) is 3.54. The first-order valence-corrected chi connectivity index (χ1v) is 6.40. The van der Waals surface area contributed by atoms with E-state index < -0.39 is 0 Å². The van der Waals surface area contributed by atoms with Gasteiger partial charge in [-0.05, 0) is 12.1 Å². The van der Waals surface area contributed by atoms with Crippen LogP contribution in [-0.2, 0) is 0 Å². The Morgan fingerprint density at radius 1 is 1.35 bits per heavy atom. The molecule has 0 aliphatic heterocycles. The molecule has 8 heteroatoms.